The molecule has 0 spiro atoms. The molecule has 0 amide bonds. The molecule has 2 N–H and O–H groups in total. The largest absolute Gasteiger partial charge is 0.508 e. The Morgan fingerprint density at radius 2 is 1.71 bits per heavy atom. The number of carboxylic acids is 1. The Morgan fingerprint density at radius 3 is 2.35 bits per heavy atom. The minimum absolute atomic E-state index is 0.216. The van der Waals surface area contributed by atoms with Crippen LogP contribution in [0.1, 0.15) is 10.4 Å². The first kappa shape index (κ1) is 11.5. The van der Waals surface area contributed by atoms with Crippen molar-refractivity contribution in [1.82, 2.24) is 0 Å². The minimum Gasteiger partial charge on any atom is -0.508 e. The SMILES string of the molecule is O=C(O)c1cccc(Sc2ccc(O)cc2)c1. The zero-order valence-electron chi connectivity index (χ0n) is 8.83. The van der Waals surface area contributed by atoms with Gasteiger partial charge >= 0.3 is 5.97 Å². The van der Waals surface area contributed by atoms with E-state index >= 15 is 0 Å². The maximum Gasteiger partial charge on any atom is 0.335 e. The Labute approximate surface area is 103 Å². The molecule has 0 heterocycles. The van der Waals surface area contributed by atoms with E-state index in [0.717, 1.165) is 9.79 Å². The van der Waals surface area contributed by atoms with Gasteiger partial charge in [0.15, 0.2) is 0 Å². The molecule has 0 bridgehead atoms. The molecule has 0 fully saturated rings. The normalized spacial score (nSPS) is 10.1. The number of hydrogen-bond acceptors (Lipinski definition) is 3. The van der Waals surface area contributed by atoms with Crippen molar-refractivity contribution in [3.8, 4) is 5.75 Å². The number of carbonyl (C=O) groups is 1. The molecule has 86 valence electrons. The molecule has 0 aromatic heterocycles. The second-order valence-electron chi connectivity index (χ2n) is 3.43. The van der Waals surface area contributed by atoms with Crippen LogP contribution in [0.4, 0.5) is 0 Å². The van der Waals surface area contributed by atoms with Crippen LogP contribution < -0.4 is 0 Å². The standard InChI is InChI=1S/C13H10O3S/c14-10-4-6-11(7-5-10)17-12-3-1-2-9(8-12)13(15)16/h1-8,14H,(H,15,16). The number of hydrogen-bond donors (Lipinski definition) is 2. The van der Waals surface area contributed by atoms with Crippen LogP contribution in [0.2, 0.25) is 0 Å². The molecular weight excluding hydrogens is 236 g/mol. The highest BCUT2D eigenvalue weighted by Gasteiger charge is 2.04. The average Bonchev–Trinajstić information content (AvgIpc) is 2.32. The second kappa shape index (κ2) is 4.93. The first-order chi connectivity index (χ1) is 8.15. The zero-order chi connectivity index (χ0) is 12.3. The van der Waals surface area contributed by atoms with Crippen molar-refractivity contribution in [3.05, 3.63) is 54.1 Å². The first-order valence-electron chi connectivity index (χ1n) is 4.95. The van der Waals surface area contributed by atoms with Gasteiger partial charge in [-0.15, -0.1) is 0 Å². The third kappa shape index (κ3) is 3.01. The summed E-state index contributed by atoms with van der Waals surface area (Å²) in [6, 6.07) is 13.5. The van der Waals surface area contributed by atoms with Gasteiger partial charge in [0.1, 0.15) is 5.75 Å². The Kier molecular flexibility index (Phi) is 3.35. The summed E-state index contributed by atoms with van der Waals surface area (Å²) < 4.78 is 0. The Bertz CT molecular complexity index is 535. The van der Waals surface area contributed by atoms with E-state index in [9.17, 15) is 4.79 Å². The van der Waals surface area contributed by atoms with Gasteiger partial charge in [-0.05, 0) is 42.5 Å². The summed E-state index contributed by atoms with van der Waals surface area (Å²) in [6.07, 6.45) is 0. The van der Waals surface area contributed by atoms with E-state index in [4.69, 9.17) is 10.2 Å². The molecule has 4 heteroatoms. The van der Waals surface area contributed by atoms with Crippen LogP contribution in [0.15, 0.2) is 58.3 Å². The van der Waals surface area contributed by atoms with Gasteiger partial charge in [-0.1, -0.05) is 17.8 Å². The summed E-state index contributed by atoms with van der Waals surface area (Å²) in [4.78, 5) is 12.6. The van der Waals surface area contributed by atoms with Crippen molar-refractivity contribution in [3.63, 3.8) is 0 Å². The van der Waals surface area contributed by atoms with Crippen LogP contribution >= 0.6 is 11.8 Å². The third-order valence-electron chi connectivity index (χ3n) is 2.15. The summed E-state index contributed by atoms with van der Waals surface area (Å²) in [6.45, 7) is 0. The lowest BCUT2D eigenvalue weighted by Gasteiger charge is -2.02. The van der Waals surface area contributed by atoms with Crippen molar-refractivity contribution < 1.29 is 15.0 Å². The summed E-state index contributed by atoms with van der Waals surface area (Å²) in [5.41, 5.74) is 0.272. The number of phenols is 1. The molecule has 2 aromatic carbocycles. The van der Waals surface area contributed by atoms with Gasteiger partial charge in [0.05, 0.1) is 5.56 Å². The lowest BCUT2D eigenvalue weighted by atomic mass is 10.2. The number of aromatic carboxylic acids is 1. The van der Waals surface area contributed by atoms with Gasteiger partial charge in [-0.2, -0.15) is 0 Å². The number of benzene rings is 2. The predicted molar refractivity (Wildman–Crippen MR) is 65.6 cm³/mol. The molecular formula is C13H10O3S. The topological polar surface area (TPSA) is 57.5 Å². The third-order valence-corrected chi connectivity index (χ3v) is 3.15. The van der Waals surface area contributed by atoms with Gasteiger partial charge < -0.3 is 10.2 Å². The van der Waals surface area contributed by atoms with Crippen molar-refractivity contribution in [1.29, 1.82) is 0 Å². The molecule has 0 aliphatic heterocycles. The predicted octanol–water partition coefficient (Wildman–Crippen LogP) is 3.24. The highest BCUT2D eigenvalue weighted by atomic mass is 32.2. The van der Waals surface area contributed by atoms with Crippen molar-refractivity contribution in [2.24, 2.45) is 0 Å². The van der Waals surface area contributed by atoms with Gasteiger partial charge in [0.25, 0.3) is 0 Å². The Hall–Kier alpha value is -1.94. The quantitative estimate of drug-likeness (QED) is 0.872. The van der Waals surface area contributed by atoms with Crippen LogP contribution in [0.3, 0.4) is 0 Å². The lowest BCUT2D eigenvalue weighted by molar-refractivity contribution is 0.0696. The van der Waals surface area contributed by atoms with Gasteiger partial charge in [-0.3, -0.25) is 0 Å². The molecule has 0 atom stereocenters. The van der Waals surface area contributed by atoms with E-state index in [1.165, 1.54) is 11.8 Å². The highest BCUT2D eigenvalue weighted by Crippen LogP contribution is 2.29. The molecule has 0 radical (unpaired) electrons. The second-order valence-corrected chi connectivity index (χ2v) is 4.58. The Morgan fingerprint density at radius 1 is 1.00 bits per heavy atom. The summed E-state index contributed by atoms with van der Waals surface area (Å²) in [5.74, 6) is -0.716. The molecule has 3 nitrogen and oxygen atoms in total. The van der Waals surface area contributed by atoms with E-state index in [2.05, 4.69) is 0 Å². The minimum atomic E-state index is -0.932. The summed E-state index contributed by atoms with van der Waals surface area (Å²) >= 11 is 1.45. The van der Waals surface area contributed by atoms with E-state index in [1.807, 2.05) is 6.07 Å². The van der Waals surface area contributed by atoms with Gasteiger partial charge in [-0.25, -0.2) is 4.79 Å². The maximum absolute atomic E-state index is 10.8. The average molecular weight is 246 g/mol. The van der Waals surface area contributed by atoms with Crippen molar-refractivity contribution >= 4 is 17.7 Å². The smallest absolute Gasteiger partial charge is 0.335 e. The molecule has 17 heavy (non-hydrogen) atoms. The molecule has 0 saturated heterocycles. The van der Waals surface area contributed by atoms with Crippen LogP contribution in [0, 0.1) is 0 Å². The first-order valence-corrected chi connectivity index (χ1v) is 5.77. The summed E-state index contributed by atoms with van der Waals surface area (Å²) in [5, 5.41) is 18.0. The van der Waals surface area contributed by atoms with Gasteiger partial charge in [0.2, 0.25) is 0 Å². The molecule has 0 unspecified atom stereocenters. The van der Waals surface area contributed by atoms with E-state index in [-0.39, 0.29) is 11.3 Å². The fourth-order valence-corrected chi connectivity index (χ4v) is 2.22. The van der Waals surface area contributed by atoms with Crippen LogP contribution in [0.5, 0.6) is 5.75 Å². The van der Waals surface area contributed by atoms with Crippen LogP contribution in [-0.2, 0) is 0 Å². The fourth-order valence-electron chi connectivity index (χ4n) is 1.34. The number of aromatic hydroxyl groups is 1. The van der Waals surface area contributed by atoms with Crippen LogP contribution in [-0.4, -0.2) is 16.2 Å². The summed E-state index contributed by atoms with van der Waals surface area (Å²) in [7, 11) is 0. The Balaban J connectivity index is 2.21. The monoisotopic (exact) mass is 246 g/mol. The van der Waals surface area contributed by atoms with E-state index in [1.54, 1.807) is 42.5 Å². The number of phenolic OH excluding ortho intramolecular Hbond substituents is 1. The van der Waals surface area contributed by atoms with Crippen molar-refractivity contribution in [2.45, 2.75) is 9.79 Å². The maximum atomic E-state index is 10.8. The lowest BCUT2D eigenvalue weighted by Crippen LogP contribution is -1.95. The molecule has 2 rings (SSSR count). The molecule has 2 aromatic rings. The van der Waals surface area contributed by atoms with E-state index < -0.39 is 5.97 Å². The van der Waals surface area contributed by atoms with Crippen LogP contribution in [0.25, 0.3) is 0 Å². The van der Waals surface area contributed by atoms with Gasteiger partial charge in [0, 0.05) is 9.79 Å². The molecule has 0 aliphatic rings. The molecule has 0 saturated carbocycles. The number of carboxylic acid groups (broad SMARTS) is 1. The van der Waals surface area contributed by atoms with E-state index in [0.29, 0.717) is 0 Å². The highest BCUT2D eigenvalue weighted by molar-refractivity contribution is 7.99. The molecule has 0 aliphatic carbocycles. The zero-order valence-corrected chi connectivity index (χ0v) is 9.65. The number of rotatable bonds is 3. The fraction of sp³-hybridized carbons (Fsp3) is 0. The van der Waals surface area contributed by atoms with Crippen molar-refractivity contribution in [2.75, 3.05) is 0 Å².